The summed E-state index contributed by atoms with van der Waals surface area (Å²) in [5.41, 5.74) is 5.99. The molecule has 0 atom stereocenters. The van der Waals surface area contributed by atoms with Crippen LogP contribution in [0.4, 0.5) is 0 Å². The molecule has 0 unspecified atom stereocenters. The number of nitrogens with zero attached hydrogens (tertiary/aromatic N) is 2. The number of hydrogen-bond acceptors (Lipinski definition) is 2. The lowest BCUT2D eigenvalue weighted by molar-refractivity contribution is 0.140. The first-order valence-electron chi connectivity index (χ1n) is 10.3. The zero-order valence-electron chi connectivity index (χ0n) is 16.2. The van der Waals surface area contributed by atoms with Crippen molar-refractivity contribution in [1.82, 2.24) is 9.80 Å². The van der Waals surface area contributed by atoms with Crippen LogP contribution >= 0.6 is 0 Å². The Morgan fingerprint density at radius 2 is 1.50 bits per heavy atom. The lowest BCUT2D eigenvalue weighted by atomic mass is 9.95. The van der Waals surface area contributed by atoms with Crippen molar-refractivity contribution in [2.45, 2.75) is 39.2 Å². The fourth-order valence-corrected chi connectivity index (χ4v) is 4.66. The van der Waals surface area contributed by atoms with Gasteiger partial charge >= 0.3 is 0 Å². The average Bonchev–Trinajstić information content (AvgIpc) is 2.86. The number of piperidine rings is 1. The average molecular weight is 349 g/mol. The van der Waals surface area contributed by atoms with Gasteiger partial charge in [-0.2, -0.15) is 0 Å². The molecule has 0 bridgehead atoms. The van der Waals surface area contributed by atoms with Gasteiger partial charge in [-0.25, -0.2) is 0 Å². The molecule has 2 heterocycles. The first kappa shape index (κ1) is 17.8. The fourth-order valence-electron chi connectivity index (χ4n) is 4.66. The van der Waals surface area contributed by atoms with Gasteiger partial charge in [0.2, 0.25) is 0 Å². The first-order chi connectivity index (χ1) is 12.8. The summed E-state index contributed by atoms with van der Waals surface area (Å²) in [5, 5.41) is 0. The van der Waals surface area contributed by atoms with Gasteiger partial charge < -0.3 is 4.90 Å². The Morgan fingerprint density at radius 3 is 2.15 bits per heavy atom. The second kappa shape index (κ2) is 8.37. The number of fused-ring (bicyclic) bond motifs is 1. The summed E-state index contributed by atoms with van der Waals surface area (Å²) in [5.74, 6) is 0.880. The van der Waals surface area contributed by atoms with Crippen LogP contribution in [0, 0.1) is 12.8 Å². The maximum absolute atomic E-state index is 2.72. The number of benzene rings is 2. The van der Waals surface area contributed by atoms with E-state index >= 15 is 0 Å². The number of aryl methyl sites for hydroxylation is 1. The van der Waals surface area contributed by atoms with E-state index in [9.17, 15) is 0 Å². The summed E-state index contributed by atoms with van der Waals surface area (Å²) in [7, 11) is 0. The Morgan fingerprint density at radius 1 is 0.808 bits per heavy atom. The third kappa shape index (κ3) is 4.55. The van der Waals surface area contributed by atoms with Crippen LogP contribution in [0.15, 0.2) is 48.5 Å². The van der Waals surface area contributed by atoms with E-state index in [4.69, 9.17) is 0 Å². The highest BCUT2D eigenvalue weighted by Crippen LogP contribution is 2.22. The predicted molar refractivity (Wildman–Crippen MR) is 109 cm³/mol. The van der Waals surface area contributed by atoms with Crippen LogP contribution < -0.4 is 0 Å². The van der Waals surface area contributed by atoms with Gasteiger partial charge in [-0.05, 0) is 68.3 Å². The molecule has 138 valence electrons. The standard InChI is InChI=1S/C24H32N2/c1-20-5-4-6-22(17-20)19-25-13-9-21(10-14-25)18-26-15-11-23-7-2-3-8-24(23)12-16-26/h2-8,17,21H,9-16,18-19H2,1H3. The molecule has 0 aliphatic carbocycles. The van der Waals surface area contributed by atoms with Crippen molar-refractivity contribution in [3.8, 4) is 0 Å². The molecule has 2 heteroatoms. The van der Waals surface area contributed by atoms with Gasteiger partial charge in [-0.3, -0.25) is 4.90 Å². The molecular weight excluding hydrogens is 316 g/mol. The topological polar surface area (TPSA) is 6.48 Å². The molecule has 1 fully saturated rings. The Kier molecular flexibility index (Phi) is 5.72. The third-order valence-corrected chi connectivity index (χ3v) is 6.23. The van der Waals surface area contributed by atoms with Crippen LogP contribution in [0.1, 0.15) is 35.1 Å². The minimum absolute atomic E-state index is 0.880. The summed E-state index contributed by atoms with van der Waals surface area (Å²) >= 11 is 0. The minimum atomic E-state index is 0.880. The van der Waals surface area contributed by atoms with Crippen molar-refractivity contribution < 1.29 is 0 Å². The van der Waals surface area contributed by atoms with Crippen molar-refractivity contribution in [3.05, 3.63) is 70.8 Å². The van der Waals surface area contributed by atoms with Gasteiger partial charge in [-0.15, -0.1) is 0 Å². The van der Waals surface area contributed by atoms with E-state index in [0.717, 1.165) is 12.5 Å². The Labute approximate surface area is 158 Å². The molecule has 2 nitrogen and oxygen atoms in total. The summed E-state index contributed by atoms with van der Waals surface area (Å²) < 4.78 is 0. The Hall–Kier alpha value is -1.64. The molecule has 2 aromatic carbocycles. The van der Waals surface area contributed by atoms with Gasteiger partial charge in [0.1, 0.15) is 0 Å². The molecule has 4 rings (SSSR count). The van der Waals surface area contributed by atoms with E-state index in [2.05, 4.69) is 65.3 Å². The molecule has 0 aromatic heterocycles. The molecule has 0 amide bonds. The third-order valence-electron chi connectivity index (χ3n) is 6.23. The summed E-state index contributed by atoms with van der Waals surface area (Å²) in [6.45, 7) is 9.59. The van der Waals surface area contributed by atoms with Gasteiger partial charge in [0.25, 0.3) is 0 Å². The highest BCUT2D eigenvalue weighted by molar-refractivity contribution is 5.28. The lowest BCUT2D eigenvalue weighted by Crippen LogP contribution is -2.39. The molecule has 0 spiro atoms. The SMILES string of the molecule is Cc1cccc(CN2CCC(CN3CCc4ccccc4CC3)CC2)c1. The monoisotopic (exact) mass is 348 g/mol. The van der Waals surface area contributed by atoms with Crippen molar-refractivity contribution in [2.75, 3.05) is 32.7 Å². The molecule has 1 saturated heterocycles. The van der Waals surface area contributed by atoms with Crippen molar-refractivity contribution in [3.63, 3.8) is 0 Å². The fraction of sp³-hybridized carbons (Fsp3) is 0.500. The van der Waals surface area contributed by atoms with E-state index in [0.29, 0.717) is 0 Å². The zero-order valence-corrected chi connectivity index (χ0v) is 16.2. The molecule has 0 radical (unpaired) electrons. The van der Waals surface area contributed by atoms with E-state index < -0.39 is 0 Å². The van der Waals surface area contributed by atoms with Crippen LogP contribution in [0.2, 0.25) is 0 Å². The normalized spacial score (nSPS) is 19.9. The van der Waals surface area contributed by atoms with Gasteiger partial charge in [0.05, 0.1) is 0 Å². The number of hydrogen-bond donors (Lipinski definition) is 0. The minimum Gasteiger partial charge on any atom is -0.302 e. The smallest absolute Gasteiger partial charge is 0.0233 e. The Balaban J connectivity index is 1.24. The molecule has 0 saturated carbocycles. The maximum atomic E-state index is 2.72. The van der Waals surface area contributed by atoms with Gasteiger partial charge in [-0.1, -0.05) is 54.1 Å². The van der Waals surface area contributed by atoms with Crippen LogP contribution in [0.3, 0.4) is 0 Å². The highest BCUT2D eigenvalue weighted by atomic mass is 15.1. The second-order valence-corrected chi connectivity index (χ2v) is 8.28. The van der Waals surface area contributed by atoms with E-state index in [1.165, 1.54) is 69.5 Å². The number of rotatable bonds is 4. The van der Waals surface area contributed by atoms with E-state index in [1.54, 1.807) is 11.1 Å². The molecule has 2 aliphatic rings. The Bertz CT molecular complexity index is 689. The molecule has 2 aromatic rings. The molecule has 2 aliphatic heterocycles. The van der Waals surface area contributed by atoms with Crippen molar-refractivity contribution in [2.24, 2.45) is 5.92 Å². The molecule has 26 heavy (non-hydrogen) atoms. The summed E-state index contributed by atoms with van der Waals surface area (Å²) in [4.78, 5) is 5.37. The van der Waals surface area contributed by atoms with Crippen molar-refractivity contribution >= 4 is 0 Å². The largest absolute Gasteiger partial charge is 0.302 e. The lowest BCUT2D eigenvalue weighted by Gasteiger charge is -2.34. The van der Waals surface area contributed by atoms with E-state index in [1.807, 2.05) is 0 Å². The van der Waals surface area contributed by atoms with Gasteiger partial charge in [0, 0.05) is 26.2 Å². The van der Waals surface area contributed by atoms with Crippen molar-refractivity contribution in [1.29, 1.82) is 0 Å². The number of likely N-dealkylation sites (tertiary alicyclic amines) is 1. The predicted octanol–water partition coefficient (Wildman–Crippen LogP) is 4.31. The summed E-state index contributed by atoms with van der Waals surface area (Å²) in [6.07, 6.45) is 5.16. The quantitative estimate of drug-likeness (QED) is 0.812. The van der Waals surface area contributed by atoms with Crippen LogP contribution in [-0.2, 0) is 19.4 Å². The first-order valence-corrected chi connectivity index (χ1v) is 10.3. The zero-order chi connectivity index (χ0) is 17.8. The highest BCUT2D eigenvalue weighted by Gasteiger charge is 2.22. The molecular formula is C24H32N2. The second-order valence-electron chi connectivity index (χ2n) is 8.28. The van der Waals surface area contributed by atoms with E-state index in [-0.39, 0.29) is 0 Å². The van der Waals surface area contributed by atoms with Crippen LogP contribution in [0.5, 0.6) is 0 Å². The van der Waals surface area contributed by atoms with Crippen LogP contribution in [-0.4, -0.2) is 42.5 Å². The maximum Gasteiger partial charge on any atom is 0.0233 e. The summed E-state index contributed by atoms with van der Waals surface area (Å²) in [6, 6.07) is 18.0. The van der Waals surface area contributed by atoms with Crippen LogP contribution in [0.25, 0.3) is 0 Å². The molecule has 0 N–H and O–H groups in total. The van der Waals surface area contributed by atoms with Gasteiger partial charge in [0.15, 0.2) is 0 Å².